The van der Waals surface area contributed by atoms with E-state index >= 15 is 0 Å². The van der Waals surface area contributed by atoms with E-state index in [1.807, 2.05) is 0 Å². The minimum atomic E-state index is -1.36. The molecule has 3 atom stereocenters. The van der Waals surface area contributed by atoms with Crippen molar-refractivity contribution in [2.45, 2.75) is 43.8 Å². The number of hydrogen-bond acceptors (Lipinski definition) is 7. The Morgan fingerprint density at radius 1 is 1.27 bits per heavy atom. The summed E-state index contributed by atoms with van der Waals surface area (Å²) in [5.74, 6) is -4.48. The molecule has 1 aliphatic heterocycles. The van der Waals surface area contributed by atoms with Gasteiger partial charge in [-0.25, -0.2) is 9.78 Å². The molecule has 13 heteroatoms. The van der Waals surface area contributed by atoms with Gasteiger partial charge in [0.05, 0.1) is 25.3 Å². The van der Waals surface area contributed by atoms with E-state index in [4.69, 9.17) is 15.9 Å². The molecule has 1 aromatic heterocycles. The minimum Gasteiger partial charge on any atom is -0.481 e. The Labute approximate surface area is 171 Å². The average molecular weight is 424 g/mol. The van der Waals surface area contributed by atoms with Gasteiger partial charge in [0.15, 0.2) is 0 Å². The summed E-state index contributed by atoms with van der Waals surface area (Å²) in [5, 5.41) is 22.7. The zero-order valence-electron chi connectivity index (χ0n) is 16.0. The molecule has 30 heavy (non-hydrogen) atoms. The summed E-state index contributed by atoms with van der Waals surface area (Å²) >= 11 is 0. The number of carboxylic acid groups (broad SMARTS) is 2. The van der Waals surface area contributed by atoms with Gasteiger partial charge in [-0.05, 0) is 12.8 Å². The summed E-state index contributed by atoms with van der Waals surface area (Å²) in [5.41, 5.74) is 6.04. The number of H-pyrrole nitrogens is 1. The predicted octanol–water partition coefficient (Wildman–Crippen LogP) is -2.57. The number of carbonyl (C=O) groups is 5. The lowest BCUT2D eigenvalue weighted by atomic mass is 10.1. The Hall–Kier alpha value is -3.48. The van der Waals surface area contributed by atoms with E-state index in [2.05, 4.69) is 20.6 Å². The number of hydrogen-bond donors (Lipinski definition) is 6. The van der Waals surface area contributed by atoms with Crippen LogP contribution >= 0.6 is 0 Å². The second-order valence-electron chi connectivity index (χ2n) is 6.85. The minimum absolute atomic E-state index is 0.00692. The molecule has 0 saturated carbocycles. The molecule has 2 rings (SSSR count). The van der Waals surface area contributed by atoms with E-state index in [1.165, 1.54) is 17.4 Å². The topological polar surface area (TPSA) is 208 Å². The van der Waals surface area contributed by atoms with E-state index in [0.29, 0.717) is 18.5 Å². The number of carboxylic acids is 2. The zero-order valence-corrected chi connectivity index (χ0v) is 16.0. The molecule has 0 radical (unpaired) electrons. The normalized spacial score (nSPS) is 17.8. The number of imidazole rings is 1. The van der Waals surface area contributed by atoms with Gasteiger partial charge in [-0.3, -0.25) is 19.2 Å². The molecule has 164 valence electrons. The van der Waals surface area contributed by atoms with Crippen LogP contribution in [0.2, 0.25) is 0 Å². The molecule has 3 amide bonds. The Kier molecular flexibility index (Phi) is 7.86. The number of nitrogens with one attached hydrogen (secondary N) is 3. The van der Waals surface area contributed by atoms with Gasteiger partial charge >= 0.3 is 11.9 Å². The Morgan fingerprint density at radius 2 is 2.00 bits per heavy atom. The fourth-order valence-electron chi connectivity index (χ4n) is 3.09. The van der Waals surface area contributed by atoms with Crippen LogP contribution in [0.1, 0.15) is 25.0 Å². The number of amides is 3. The highest BCUT2D eigenvalue weighted by Gasteiger charge is 2.34. The summed E-state index contributed by atoms with van der Waals surface area (Å²) < 4.78 is 0. The van der Waals surface area contributed by atoms with E-state index in [9.17, 15) is 24.0 Å². The number of aromatic nitrogens is 2. The molecule has 1 fully saturated rings. The number of nitrogens with two attached hydrogens (primary N) is 1. The fraction of sp³-hybridized carbons (Fsp3) is 0.529. The molecule has 13 nitrogen and oxygen atoms in total. The van der Waals surface area contributed by atoms with Crippen molar-refractivity contribution in [2.75, 3.05) is 13.1 Å². The van der Waals surface area contributed by atoms with Crippen LogP contribution in [-0.4, -0.2) is 86.0 Å². The SMILES string of the molecule is NC(CC(=O)O)C(=O)NC(Cc1cnc[nH]1)C(=O)NCC(=O)N1CCCC1C(=O)O. The average Bonchev–Trinajstić information content (AvgIpc) is 3.36. The van der Waals surface area contributed by atoms with Crippen LogP contribution in [0, 0.1) is 0 Å². The standard InChI is InChI=1S/C17H24N6O7/c18-10(5-14(25)26)15(27)22-11(4-9-6-19-8-21-9)16(28)20-7-13(24)23-3-1-2-12(23)17(29)30/h6,8,10-12H,1-5,7,18H2,(H,19,21)(H,20,28)(H,22,27)(H,25,26)(H,29,30). The second kappa shape index (κ2) is 10.3. The van der Waals surface area contributed by atoms with Crippen molar-refractivity contribution < 1.29 is 34.2 Å². The third-order valence-electron chi connectivity index (χ3n) is 4.62. The molecule has 3 unspecified atom stereocenters. The number of carbonyl (C=O) groups excluding carboxylic acids is 3. The van der Waals surface area contributed by atoms with E-state index in [0.717, 1.165) is 0 Å². The van der Waals surface area contributed by atoms with Gasteiger partial charge < -0.3 is 36.5 Å². The largest absolute Gasteiger partial charge is 0.481 e. The van der Waals surface area contributed by atoms with Gasteiger partial charge in [0, 0.05) is 24.9 Å². The predicted molar refractivity (Wildman–Crippen MR) is 99.8 cm³/mol. The molecule has 0 bridgehead atoms. The van der Waals surface area contributed by atoms with Crippen LogP contribution in [0.15, 0.2) is 12.5 Å². The van der Waals surface area contributed by atoms with Crippen LogP contribution in [0.3, 0.4) is 0 Å². The first-order chi connectivity index (χ1) is 14.2. The molecular formula is C17H24N6O7. The lowest BCUT2D eigenvalue weighted by Crippen LogP contribution is -2.54. The molecular weight excluding hydrogens is 400 g/mol. The summed E-state index contributed by atoms with van der Waals surface area (Å²) in [4.78, 5) is 66.8. The van der Waals surface area contributed by atoms with Crippen molar-refractivity contribution in [3.8, 4) is 0 Å². The number of nitrogens with zero attached hydrogens (tertiary/aromatic N) is 2. The van der Waals surface area contributed by atoms with Crippen LogP contribution in [-0.2, 0) is 30.4 Å². The van der Waals surface area contributed by atoms with Crippen LogP contribution < -0.4 is 16.4 Å². The maximum absolute atomic E-state index is 12.6. The molecule has 0 spiro atoms. The van der Waals surface area contributed by atoms with Gasteiger partial charge in [-0.2, -0.15) is 0 Å². The smallest absolute Gasteiger partial charge is 0.326 e. The van der Waals surface area contributed by atoms with Gasteiger partial charge in [0.25, 0.3) is 0 Å². The lowest BCUT2D eigenvalue weighted by molar-refractivity contribution is -0.148. The molecule has 1 saturated heterocycles. The number of rotatable bonds is 10. The third-order valence-corrected chi connectivity index (χ3v) is 4.62. The first kappa shape index (κ1) is 22.8. The quantitative estimate of drug-likeness (QED) is 0.233. The van der Waals surface area contributed by atoms with Gasteiger partial charge in [0.2, 0.25) is 17.7 Å². The third kappa shape index (κ3) is 6.27. The second-order valence-corrected chi connectivity index (χ2v) is 6.85. The number of aromatic amines is 1. The molecule has 1 aromatic rings. The maximum Gasteiger partial charge on any atom is 0.326 e. The van der Waals surface area contributed by atoms with Crippen molar-refractivity contribution in [1.29, 1.82) is 0 Å². The van der Waals surface area contributed by atoms with E-state index in [-0.39, 0.29) is 13.0 Å². The Morgan fingerprint density at radius 3 is 2.60 bits per heavy atom. The highest BCUT2D eigenvalue weighted by molar-refractivity contribution is 5.93. The monoisotopic (exact) mass is 424 g/mol. The van der Waals surface area contributed by atoms with Crippen molar-refractivity contribution >= 4 is 29.7 Å². The summed E-state index contributed by atoms with van der Waals surface area (Å²) in [6, 6.07) is -3.44. The molecule has 0 aromatic carbocycles. The van der Waals surface area contributed by atoms with E-state index in [1.54, 1.807) is 0 Å². The Bertz CT molecular complexity index is 797. The molecule has 1 aliphatic rings. The van der Waals surface area contributed by atoms with Crippen LogP contribution in [0.4, 0.5) is 0 Å². The molecule has 2 heterocycles. The first-order valence-corrected chi connectivity index (χ1v) is 9.24. The van der Waals surface area contributed by atoms with Gasteiger partial charge in [-0.1, -0.05) is 0 Å². The van der Waals surface area contributed by atoms with E-state index < -0.39 is 60.8 Å². The first-order valence-electron chi connectivity index (χ1n) is 9.24. The van der Waals surface area contributed by atoms with Crippen molar-refractivity contribution in [1.82, 2.24) is 25.5 Å². The highest BCUT2D eigenvalue weighted by atomic mass is 16.4. The molecule has 0 aliphatic carbocycles. The summed E-state index contributed by atoms with van der Waals surface area (Å²) in [6.45, 7) is -0.164. The summed E-state index contributed by atoms with van der Waals surface area (Å²) in [7, 11) is 0. The lowest BCUT2D eigenvalue weighted by Gasteiger charge is -2.23. The van der Waals surface area contributed by atoms with Crippen LogP contribution in [0.25, 0.3) is 0 Å². The van der Waals surface area contributed by atoms with Crippen molar-refractivity contribution in [2.24, 2.45) is 5.73 Å². The Balaban J connectivity index is 1.99. The van der Waals surface area contributed by atoms with Crippen molar-refractivity contribution in [3.05, 3.63) is 18.2 Å². The zero-order chi connectivity index (χ0) is 22.3. The van der Waals surface area contributed by atoms with Gasteiger partial charge in [-0.15, -0.1) is 0 Å². The molecule has 7 N–H and O–H groups in total. The van der Waals surface area contributed by atoms with Crippen molar-refractivity contribution in [3.63, 3.8) is 0 Å². The number of aliphatic carboxylic acids is 2. The van der Waals surface area contributed by atoms with Crippen LogP contribution in [0.5, 0.6) is 0 Å². The number of likely N-dealkylation sites (tertiary alicyclic amines) is 1. The maximum atomic E-state index is 12.6. The highest BCUT2D eigenvalue weighted by Crippen LogP contribution is 2.17. The summed E-state index contributed by atoms with van der Waals surface area (Å²) in [6.07, 6.45) is 3.09. The fourth-order valence-corrected chi connectivity index (χ4v) is 3.09. The van der Waals surface area contributed by atoms with Gasteiger partial charge in [0.1, 0.15) is 12.1 Å².